The first-order valence-electron chi connectivity index (χ1n) is 6.68. The molecule has 0 aliphatic rings. The molecule has 0 spiro atoms. The van der Waals surface area contributed by atoms with E-state index in [-0.39, 0.29) is 6.42 Å². The highest BCUT2D eigenvalue weighted by Crippen LogP contribution is 2.23. The molecular weight excluding hydrogens is 237 g/mol. The lowest BCUT2D eigenvalue weighted by Crippen LogP contribution is -2.06. The summed E-state index contributed by atoms with van der Waals surface area (Å²) in [5.41, 5.74) is 1.34. The second-order valence-electron chi connectivity index (χ2n) is 4.72. The molecule has 0 aliphatic heterocycles. The van der Waals surface area contributed by atoms with Crippen LogP contribution in [0.4, 0.5) is 13.2 Å². The zero-order valence-corrected chi connectivity index (χ0v) is 10.7. The molecule has 3 heteroatoms. The van der Waals surface area contributed by atoms with Crippen LogP contribution in [-0.4, -0.2) is 6.18 Å². The third-order valence-electron chi connectivity index (χ3n) is 3.02. The van der Waals surface area contributed by atoms with Crippen LogP contribution in [0.15, 0.2) is 30.3 Å². The summed E-state index contributed by atoms with van der Waals surface area (Å²) < 4.78 is 35.6. The Morgan fingerprint density at radius 2 is 1.28 bits per heavy atom. The third kappa shape index (κ3) is 8.15. The molecule has 102 valence electrons. The number of halogens is 3. The lowest BCUT2D eigenvalue weighted by atomic mass is 10.0. The highest BCUT2D eigenvalue weighted by molar-refractivity contribution is 5.14. The van der Waals surface area contributed by atoms with Crippen LogP contribution in [0.1, 0.15) is 50.5 Å². The Morgan fingerprint density at radius 1 is 0.722 bits per heavy atom. The van der Waals surface area contributed by atoms with Gasteiger partial charge in [-0.25, -0.2) is 0 Å². The van der Waals surface area contributed by atoms with Crippen molar-refractivity contribution in [3.05, 3.63) is 35.9 Å². The fourth-order valence-electron chi connectivity index (χ4n) is 2.01. The highest BCUT2D eigenvalue weighted by atomic mass is 19.4. The monoisotopic (exact) mass is 258 g/mol. The summed E-state index contributed by atoms with van der Waals surface area (Å²) in [5.74, 6) is 0. The van der Waals surface area contributed by atoms with E-state index < -0.39 is 12.6 Å². The van der Waals surface area contributed by atoms with E-state index in [0.717, 1.165) is 32.1 Å². The minimum Gasteiger partial charge on any atom is -0.171 e. The molecule has 0 aromatic heterocycles. The van der Waals surface area contributed by atoms with E-state index in [0.29, 0.717) is 6.42 Å². The van der Waals surface area contributed by atoms with Crippen LogP contribution in [0.3, 0.4) is 0 Å². The van der Waals surface area contributed by atoms with Gasteiger partial charge in [0.15, 0.2) is 0 Å². The SMILES string of the molecule is FC(F)(F)CCCCCCCCc1ccccc1. The summed E-state index contributed by atoms with van der Waals surface area (Å²) >= 11 is 0. The maximum absolute atomic E-state index is 11.9. The van der Waals surface area contributed by atoms with Crippen LogP contribution in [0.2, 0.25) is 0 Å². The van der Waals surface area contributed by atoms with Crippen molar-refractivity contribution in [3.8, 4) is 0 Å². The Bertz CT molecular complexity index is 303. The van der Waals surface area contributed by atoms with E-state index in [1.165, 1.54) is 5.56 Å². The molecule has 0 heterocycles. The normalized spacial score (nSPS) is 11.7. The van der Waals surface area contributed by atoms with Crippen molar-refractivity contribution in [2.75, 3.05) is 0 Å². The van der Waals surface area contributed by atoms with E-state index in [2.05, 4.69) is 12.1 Å². The molecule has 1 aromatic carbocycles. The van der Waals surface area contributed by atoms with Gasteiger partial charge in [0.05, 0.1) is 0 Å². The van der Waals surface area contributed by atoms with Gasteiger partial charge in [0, 0.05) is 6.42 Å². The quantitative estimate of drug-likeness (QED) is 0.538. The van der Waals surface area contributed by atoms with Gasteiger partial charge in [0.2, 0.25) is 0 Å². The second-order valence-corrected chi connectivity index (χ2v) is 4.72. The average Bonchev–Trinajstić information content (AvgIpc) is 2.32. The van der Waals surface area contributed by atoms with Crippen LogP contribution in [0, 0.1) is 0 Å². The van der Waals surface area contributed by atoms with Crippen molar-refractivity contribution in [3.63, 3.8) is 0 Å². The van der Waals surface area contributed by atoms with Crippen LogP contribution in [0.5, 0.6) is 0 Å². The molecule has 0 atom stereocenters. The first-order valence-corrected chi connectivity index (χ1v) is 6.68. The van der Waals surface area contributed by atoms with Crippen LogP contribution in [0.25, 0.3) is 0 Å². The van der Waals surface area contributed by atoms with Crippen molar-refractivity contribution < 1.29 is 13.2 Å². The van der Waals surface area contributed by atoms with E-state index in [1.807, 2.05) is 18.2 Å². The van der Waals surface area contributed by atoms with Crippen molar-refractivity contribution in [2.45, 2.75) is 57.5 Å². The molecule has 0 saturated heterocycles. The molecule has 18 heavy (non-hydrogen) atoms. The van der Waals surface area contributed by atoms with Gasteiger partial charge in [-0.2, -0.15) is 13.2 Å². The number of aryl methyl sites for hydroxylation is 1. The smallest absolute Gasteiger partial charge is 0.171 e. The molecule has 1 rings (SSSR count). The predicted octanol–water partition coefficient (Wildman–Crippen LogP) is 5.52. The Hall–Kier alpha value is -0.990. The number of unbranched alkanes of at least 4 members (excludes halogenated alkanes) is 5. The first kappa shape index (κ1) is 15.1. The summed E-state index contributed by atoms with van der Waals surface area (Å²) in [6, 6.07) is 10.3. The van der Waals surface area contributed by atoms with Gasteiger partial charge in [-0.15, -0.1) is 0 Å². The lowest BCUT2D eigenvalue weighted by molar-refractivity contribution is -0.135. The molecule has 1 aromatic rings. The second kappa shape index (κ2) is 8.17. The zero-order chi connectivity index (χ0) is 13.3. The Morgan fingerprint density at radius 3 is 1.89 bits per heavy atom. The zero-order valence-electron chi connectivity index (χ0n) is 10.7. The minimum atomic E-state index is -3.98. The number of rotatable bonds is 8. The lowest BCUT2D eigenvalue weighted by Gasteiger charge is -2.05. The number of alkyl halides is 3. The molecular formula is C15H21F3. The average molecular weight is 258 g/mol. The van der Waals surface area contributed by atoms with Crippen LogP contribution in [-0.2, 0) is 6.42 Å². The maximum Gasteiger partial charge on any atom is 0.389 e. The molecule has 0 aliphatic carbocycles. The molecule has 0 radical (unpaired) electrons. The minimum absolute atomic E-state index is 0.280. The number of hydrogen-bond acceptors (Lipinski definition) is 0. The van der Waals surface area contributed by atoms with E-state index in [9.17, 15) is 13.2 Å². The van der Waals surface area contributed by atoms with E-state index in [1.54, 1.807) is 0 Å². The summed E-state index contributed by atoms with van der Waals surface area (Å²) in [4.78, 5) is 0. The highest BCUT2D eigenvalue weighted by Gasteiger charge is 2.25. The van der Waals surface area contributed by atoms with Gasteiger partial charge >= 0.3 is 6.18 Å². The molecule has 0 nitrogen and oxygen atoms in total. The molecule has 0 bridgehead atoms. The van der Waals surface area contributed by atoms with E-state index >= 15 is 0 Å². The summed E-state index contributed by atoms with van der Waals surface area (Å²) in [7, 11) is 0. The number of hydrogen-bond donors (Lipinski definition) is 0. The Balaban J connectivity index is 1.90. The molecule has 0 unspecified atom stereocenters. The molecule has 0 N–H and O–H groups in total. The van der Waals surface area contributed by atoms with Gasteiger partial charge in [-0.1, -0.05) is 56.0 Å². The fourth-order valence-corrected chi connectivity index (χ4v) is 2.01. The van der Waals surface area contributed by atoms with Crippen molar-refractivity contribution in [1.29, 1.82) is 0 Å². The van der Waals surface area contributed by atoms with Gasteiger partial charge in [-0.3, -0.25) is 0 Å². The van der Waals surface area contributed by atoms with Crippen LogP contribution >= 0.6 is 0 Å². The summed E-state index contributed by atoms with van der Waals surface area (Å²) in [6.07, 6.45) is 1.65. The van der Waals surface area contributed by atoms with Crippen molar-refractivity contribution in [1.82, 2.24) is 0 Å². The fraction of sp³-hybridized carbons (Fsp3) is 0.600. The summed E-state index contributed by atoms with van der Waals surface area (Å²) in [5, 5.41) is 0. The van der Waals surface area contributed by atoms with Crippen molar-refractivity contribution >= 4 is 0 Å². The van der Waals surface area contributed by atoms with Gasteiger partial charge in [0.1, 0.15) is 0 Å². The topological polar surface area (TPSA) is 0 Å². The predicted molar refractivity (Wildman–Crippen MR) is 68.5 cm³/mol. The third-order valence-corrected chi connectivity index (χ3v) is 3.02. The number of benzene rings is 1. The standard InChI is InChI=1S/C15H21F3/c16-15(17,18)13-9-4-2-1-3-6-10-14-11-7-5-8-12-14/h5,7-8,11-12H,1-4,6,9-10,13H2. The van der Waals surface area contributed by atoms with Gasteiger partial charge < -0.3 is 0 Å². The summed E-state index contributed by atoms with van der Waals surface area (Å²) in [6.45, 7) is 0. The van der Waals surface area contributed by atoms with Gasteiger partial charge in [-0.05, 0) is 24.8 Å². The Labute approximate surface area is 107 Å². The van der Waals surface area contributed by atoms with E-state index in [4.69, 9.17) is 0 Å². The van der Waals surface area contributed by atoms with Crippen molar-refractivity contribution in [2.24, 2.45) is 0 Å². The molecule has 0 amide bonds. The molecule has 0 saturated carbocycles. The largest absolute Gasteiger partial charge is 0.389 e. The molecule has 0 fully saturated rings. The maximum atomic E-state index is 11.9. The Kier molecular flexibility index (Phi) is 6.84. The van der Waals surface area contributed by atoms with Gasteiger partial charge in [0.25, 0.3) is 0 Å². The first-order chi connectivity index (χ1) is 8.58. The van der Waals surface area contributed by atoms with Crippen LogP contribution < -0.4 is 0 Å².